The van der Waals surface area contributed by atoms with Crippen LogP contribution in [0.4, 0.5) is 4.39 Å². The number of aryl methyl sites for hydroxylation is 2. The van der Waals surface area contributed by atoms with Crippen LogP contribution in [-0.2, 0) is 0 Å². The van der Waals surface area contributed by atoms with Crippen molar-refractivity contribution in [3.63, 3.8) is 0 Å². The van der Waals surface area contributed by atoms with Crippen LogP contribution < -0.4 is 0 Å². The molecule has 2 nitrogen and oxygen atoms in total. The Morgan fingerprint density at radius 2 is 1.76 bits per heavy atom. The molecule has 21 heavy (non-hydrogen) atoms. The zero-order valence-electron chi connectivity index (χ0n) is 11.4. The molecule has 1 aromatic heterocycles. The van der Waals surface area contributed by atoms with E-state index in [1.165, 1.54) is 6.07 Å². The van der Waals surface area contributed by atoms with Crippen molar-refractivity contribution in [3.8, 4) is 11.4 Å². The van der Waals surface area contributed by atoms with Gasteiger partial charge in [0.2, 0.25) is 0 Å². The topological polar surface area (TPSA) is 25.8 Å². The average Bonchev–Trinajstić information content (AvgIpc) is 2.41. The van der Waals surface area contributed by atoms with E-state index in [9.17, 15) is 4.39 Å². The highest BCUT2D eigenvalue weighted by atomic mass is 35.5. The molecule has 0 amide bonds. The molecular formula is C16H11Cl2FN2. The Morgan fingerprint density at radius 3 is 2.48 bits per heavy atom. The van der Waals surface area contributed by atoms with E-state index in [1.807, 2.05) is 25.1 Å². The van der Waals surface area contributed by atoms with Gasteiger partial charge in [-0.05, 0) is 43.2 Å². The van der Waals surface area contributed by atoms with Crippen molar-refractivity contribution < 1.29 is 4.39 Å². The second-order valence-corrected chi connectivity index (χ2v) is 5.71. The van der Waals surface area contributed by atoms with E-state index in [2.05, 4.69) is 9.97 Å². The molecule has 3 rings (SSSR count). The lowest BCUT2D eigenvalue weighted by atomic mass is 10.1. The van der Waals surface area contributed by atoms with E-state index in [1.54, 1.807) is 13.0 Å². The van der Waals surface area contributed by atoms with Gasteiger partial charge in [0, 0.05) is 17.0 Å². The first-order chi connectivity index (χ1) is 9.95. The van der Waals surface area contributed by atoms with Crippen LogP contribution in [0.1, 0.15) is 11.1 Å². The molecule has 0 unspecified atom stereocenters. The Kier molecular flexibility index (Phi) is 3.56. The lowest BCUT2D eigenvalue weighted by Gasteiger charge is -2.08. The maximum absolute atomic E-state index is 13.7. The van der Waals surface area contributed by atoms with Crippen molar-refractivity contribution in [2.75, 3.05) is 0 Å². The Bertz CT molecular complexity index is 863. The predicted octanol–water partition coefficient (Wildman–Crippen LogP) is 5.36. The summed E-state index contributed by atoms with van der Waals surface area (Å²) in [5, 5.41) is 1.45. The number of rotatable bonds is 1. The highest BCUT2D eigenvalue weighted by molar-refractivity contribution is 6.35. The molecule has 3 aromatic rings. The molecular weight excluding hydrogens is 310 g/mol. The van der Waals surface area contributed by atoms with Crippen LogP contribution in [0.2, 0.25) is 10.2 Å². The molecule has 0 aliphatic carbocycles. The van der Waals surface area contributed by atoms with Gasteiger partial charge in [-0.3, -0.25) is 0 Å². The summed E-state index contributed by atoms with van der Waals surface area (Å²) in [7, 11) is 0. The summed E-state index contributed by atoms with van der Waals surface area (Å²) >= 11 is 12.4. The number of fused-ring (bicyclic) bond motifs is 1. The molecule has 1 heterocycles. The van der Waals surface area contributed by atoms with Gasteiger partial charge in [0.1, 0.15) is 11.0 Å². The zero-order chi connectivity index (χ0) is 15.1. The fourth-order valence-corrected chi connectivity index (χ4v) is 2.69. The van der Waals surface area contributed by atoms with Gasteiger partial charge < -0.3 is 0 Å². The van der Waals surface area contributed by atoms with Crippen LogP contribution in [0.5, 0.6) is 0 Å². The van der Waals surface area contributed by atoms with Gasteiger partial charge in [0.15, 0.2) is 5.82 Å². The molecule has 0 fully saturated rings. The van der Waals surface area contributed by atoms with Crippen LogP contribution >= 0.6 is 23.2 Å². The van der Waals surface area contributed by atoms with Gasteiger partial charge >= 0.3 is 0 Å². The number of benzene rings is 2. The summed E-state index contributed by atoms with van der Waals surface area (Å²) in [5.41, 5.74) is 2.68. The first-order valence-electron chi connectivity index (χ1n) is 6.35. The second-order valence-electron chi connectivity index (χ2n) is 4.94. The molecule has 106 valence electrons. The van der Waals surface area contributed by atoms with E-state index in [0.717, 1.165) is 5.56 Å². The number of nitrogens with zero attached hydrogens (tertiary/aromatic N) is 2. The zero-order valence-corrected chi connectivity index (χ0v) is 12.9. The second kappa shape index (κ2) is 5.24. The van der Waals surface area contributed by atoms with Crippen LogP contribution in [0, 0.1) is 19.7 Å². The lowest BCUT2D eigenvalue weighted by molar-refractivity contribution is 0.620. The molecule has 2 aromatic carbocycles. The number of hydrogen-bond acceptors (Lipinski definition) is 2. The van der Waals surface area contributed by atoms with Gasteiger partial charge in [-0.2, -0.15) is 0 Å². The maximum atomic E-state index is 13.7. The Labute approximate surface area is 131 Å². The van der Waals surface area contributed by atoms with Gasteiger partial charge in [0.05, 0.1) is 10.5 Å². The van der Waals surface area contributed by atoms with E-state index in [-0.39, 0.29) is 11.0 Å². The van der Waals surface area contributed by atoms with Crippen LogP contribution in [0.15, 0.2) is 30.3 Å². The minimum absolute atomic E-state index is 0.287. The Morgan fingerprint density at radius 1 is 1.00 bits per heavy atom. The molecule has 0 radical (unpaired) electrons. The van der Waals surface area contributed by atoms with Crippen molar-refractivity contribution in [2.45, 2.75) is 13.8 Å². The third-order valence-corrected chi connectivity index (χ3v) is 3.90. The Hall–Kier alpha value is -1.71. The van der Waals surface area contributed by atoms with Crippen molar-refractivity contribution in [3.05, 3.63) is 57.5 Å². The highest BCUT2D eigenvalue weighted by Gasteiger charge is 2.12. The van der Waals surface area contributed by atoms with Crippen molar-refractivity contribution in [2.24, 2.45) is 0 Å². The largest absolute Gasteiger partial charge is 0.228 e. The fourth-order valence-electron chi connectivity index (χ4n) is 2.14. The summed E-state index contributed by atoms with van der Waals surface area (Å²) < 4.78 is 13.7. The third-order valence-electron chi connectivity index (χ3n) is 3.30. The molecule has 0 bridgehead atoms. The summed E-state index contributed by atoms with van der Waals surface area (Å²) in [6.45, 7) is 3.62. The maximum Gasteiger partial charge on any atom is 0.162 e. The Balaban J connectivity index is 2.27. The van der Waals surface area contributed by atoms with E-state index in [0.29, 0.717) is 32.9 Å². The molecule has 0 saturated heterocycles. The van der Waals surface area contributed by atoms with Crippen molar-refractivity contribution in [1.82, 2.24) is 9.97 Å². The summed E-state index contributed by atoms with van der Waals surface area (Å²) in [4.78, 5) is 8.66. The van der Waals surface area contributed by atoms with Gasteiger partial charge in [-0.15, -0.1) is 0 Å². The van der Waals surface area contributed by atoms with Crippen molar-refractivity contribution in [1.29, 1.82) is 0 Å². The third kappa shape index (κ3) is 2.59. The van der Waals surface area contributed by atoms with Crippen LogP contribution in [0.3, 0.4) is 0 Å². The van der Waals surface area contributed by atoms with Gasteiger partial charge in [-0.1, -0.05) is 29.3 Å². The molecule has 0 spiro atoms. The summed E-state index contributed by atoms with van der Waals surface area (Å²) in [6, 6.07) is 8.59. The minimum atomic E-state index is -0.321. The normalized spacial score (nSPS) is 11.1. The monoisotopic (exact) mass is 320 g/mol. The van der Waals surface area contributed by atoms with Crippen LogP contribution in [0.25, 0.3) is 22.3 Å². The quantitative estimate of drug-likeness (QED) is 0.564. The average molecular weight is 321 g/mol. The lowest BCUT2D eigenvalue weighted by Crippen LogP contribution is -1.95. The SMILES string of the molecule is Cc1ccc(-c2nc(Cl)c3cc(C)c(F)cc3n2)c(Cl)c1. The molecule has 0 saturated carbocycles. The minimum Gasteiger partial charge on any atom is -0.228 e. The first kappa shape index (κ1) is 14.2. The smallest absolute Gasteiger partial charge is 0.162 e. The summed E-state index contributed by atoms with van der Waals surface area (Å²) in [6.07, 6.45) is 0. The summed E-state index contributed by atoms with van der Waals surface area (Å²) in [5.74, 6) is 0.0685. The van der Waals surface area contributed by atoms with E-state index < -0.39 is 0 Å². The molecule has 5 heteroatoms. The molecule has 0 N–H and O–H groups in total. The molecule has 0 aliphatic heterocycles. The number of aromatic nitrogens is 2. The van der Waals surface area contributed by atoms with Gasteiger partial charge in [-0.25, -0.2) is 14.4 Å². The van der Waals surface area contributed by atoms with E-state index >= 15 is 0 Å². The number of hydrogen-bond donors (Lipinski definition) is 0. The first-order valence-corrected chi connectivity index (χ1v) is 7.11. The van der Waals surface area contributed by atoms with Crippen molar-refractivity contribution >= 4 is 34.1 Å². The standard InChI is InChI=1S/C16H11Cl2FN2/c1-8-3-4-10(12(17)5-8)16-20-14-7-13(19)9(2)6-11(14)15(18)21-16/h3-7H,1-2H3. The molecule has 0 aliphatic rings. The molecule has 0 atom stereocenters. The van der Waals surface area contributed by atoms with Gasteiger partial charge in [0.25, 0.3) is 0 Å². The van der Waals surface area contributed by atoms with E-state index in [4.69, 9.17) is 23.2 Å². The predicted molar refractivity (Wildman–Crippen MR) is 84.4 cm³/mol. The highest BCUT2D eigenvalue weighted by Crippen LogP contribution is 2.30. The number of halogens is 3. The fraction of sp³-hybridized carbons (Fsp3) is 0.125. The van der Waals surface area contributed by atoms with Crippen LogP contribution in [-0.4, -0.2) is 9.97 Å².